The monoisotopic (exact) mass is 413 g/mol. The first kappa shape index (κ1) is 22.4. The van der Waals surface area contributed by atoms with Crippen molar-refractivity contribution in [3.05, 3.63) is 24.0 Å². The lowest BCUT2D eigenvalue weighted by Gasteiger charge is -2.30. The number of nitrogens with zero attached hydrogens (tertiary/aromatic N) is 1. The summed E-state index contributed by atoms with van der Waals surface area (Å²) in [5.41, 5.74) is 0.122. The average molecular weight is 413 g/mol. The summed E-state index contributed by atoms with van der Waals surface area (Å²) in [6.45, 7) is 2.62. The summed E-state index contributed by atoms with van der Waals surface area (Å²) >= 11 is 0. The fourth-order valence-electron chi connectivity index (χ4n) is 3.03. The highest BCUT2D eigenvalue weighted by Gasteiger charge is 2.47. The first-order valence-corrected chi connectivity index (χ1v) is 8.87. The fourth-order valence-corrected chi connectivity index (χ4v) is 3.03. The molecule has 0 spiro atoms. The largest absolute Gasteiger partial charge is 0.481 e. The zero-order valence-electron chi connectivity index (χ0n) is 15.9. The van der Waals surface area contributed by atoms with Crippen molar-refractivity contribution in [2.45, 2.75) is 51.2 Å². The van der Waals surface area contributed by atoms with E-state index in [0.717, 1.165) is 0 Å². The normalized spacial score (nSPS) is 27.1. The van der Waals surface area contributed by atoms with E-state index >= 15 is 0 Å². The van der Waals surface area contributed by atoms with Gasteiger partial charge in [-0.25, -0.2) is 9.59 Å². The third-order valence-electron chi connectivity index (χ3n) is 4.52. The summed E-state index contributed by atoms with van der Waals surface area (Å²) in [4.78, 5) is 46.5. The van der Waals surface area contributed by atoms with Crippen LogP contribution in [0.25, 0.3) is 0 Å². The van der Waals surface area contributed by atoms with Gasteiger partial charge in [0.1, 0.15) is 12.7 Å². The van der Waals surface area contributed by atoms with Gasteiger partial charge in [-0.1, -0.05) is 13.0 Å². The van der Waals surface area contributed by atoms with Gasteiger partial charge < -0.3 is 34.4 Å². The lowest BCUT2D eigenvalue weighted by molar-refractivity contribution is -0.163. The number of hydrogen-bond donors (Lipinski definition) is 3. The Morgan fingerprint density at radius 2 is 2.00 bits per heavy atom. The van der Waals surface area contributed by atoms with Gasteiger partial charge in [0.25, 0.3) is 0 Å². The van der Waals surface area contributed by atoms with E-state index in [-0.39, 0.29) is 18.6 Å². The molecule has 2 aliphatic heterocycles. The smallest absolute Gasteiger partial charge is 0.335 e. The van der Waals surface area contributed by atoms with Crippen LogP contribution in [-0.2, 0) is 33.4 Å². The number of hydrogen-bond acceptors (Lipinski definition) is 9. The Bertz CT molecular complexity index is 730. The molecule has 0 unspecified atom stereocenters. The van der Waals surface area contributed by atoms with Crippen molar-refractivity contribution < 1.29 is 48.7 Å². The van der Waals surface area contributed by atoms with Gasteiger partial charge in [0.05, 0.1) is 12.0 Å². The minimum Gasteiger partial charge on any atom is -0.481 e. The quantitative estimate of drug-likeness (QED) is 0.454. The molecule has 0 amide bonds. The summed E-state index contributed by atoms with van der Waals surface area (Å²) in [5, 5.41) is 27.3. The number of esters is 2. The number of aliphatic hydroxyl groups is 1. The molecule has 2 aliphatic rings. The summed E-state index contributed by atoms with van der Waals surface area (Å²) in [7, 11) is 0. The Kier molecular flexibility index (Phi) is 7.35. The van der Waals surface area contributed by atoms with Crippen molar-refractivity contribution in [3.8, 4) is 0 Å². The topological polar surface area (TPSA) is 160 Å². The van der Waals surface area contributed by atoms with Crippen molar-refractivity contribution >= 4 is 23.9 Å². The van der Waals surface area contributed by atoms with E-state index in [1.54, 1.807) is 19.2 Å². The third-order valence-corrected chi connectivity index (χ3v) is 4.52. The zero-order valence-corrected chi connectivity index (χ0v) is 15.9. The number of aliphatic carboxylic acids is 2. The molecule has 0 aromatic heterocycles. The van der Waals surface area contributed by atoms with Gasteiger partial charge in [-0.05, 0) is 0 Å². The molecule has 0 radical (unpaired) electrons. The molecule has 29 heavy (non-hydrogen) atoms. The van der Waals surface area contributed by atoms with Gasteiger partial charge in [-0.2, -0.15) is 0 Å². The van der Waals surface area contributed by atoms with Gasteiger partial charge >= 0.3 is 23.9 Å². The van der Waals surface area contributed by atoms with Gasteiger partial charge in [0, 0.05) is 31.7 Å². The van der Waals surface area contributed by atoms with Crippen LogP contribution in [0.15, 0.2) is 24.0 Å². The number of aliphatic hydroxyl groups excluding tert-OH is 1. The van der Waals surface area contributed by atoms with E-state index in [1.165, 1.54) is 18.0 Å². The van der Waals surface area contributed by atoms with E-state index < -0.39 is 60.8 Å². The Morgan fingerprint density at radius 1 is 1.31 bits per heavy atom. The standard InChI is InChI=1S/C18H23NO10/c1-9-13(8-27-18(26)12(21)6-14(22)23)29-16(15(9)28-10(2)20)19-5-3-4-11(7-19)17(24)25/h3,5,7,9,12-13,15-16,21H,4,6,8H2,1-2H3,(H,22,23)(H,24,25)/t9-,12+,13-,15-,16-/m1/s1. The number of carbonyl (C=O) groups excluding carboxylic acids is 2. The number of carboxylic acids is 2. The minimum atomic E-state index is -1.81. The molecule has 11 nitrogen and oxygen atoms in total. The van der Waals surface area contributed by atoms with E-state index in [2.05, 4.69) is 0 Å². The molecule has 1 saturated heterocycles. The number of rotatable bonds is 8. The SMILES string of the molecule is CC(=O)O[C@@H]1[C@H](C)[C@@H](COC(=O)[C@@H](O)CC(=O)O)O[C@H]1N1C=CCC(C(=O)O)=C1. The zero-order chi connectivity index (χ0) is 21.7. The number of carboxylic acid groups (broad SMARTS) is 2. The van der Waals surface area contributed by atoms with Crippen LogP contribution in [0.3, 0.4) is 0 Å². The van der Waals surface area contributed by atoms with Crippen molar-refractivity contribution in [1.82, 2.24) is 4.90 Å². The Labute approximate surface area is 166 Å². The molecular weight excluding hydrogens is 390 g/mol. The molecule has 160 valence electrons. The molecular formula is C18H23NO10. The number of carbonyl (C=O) groups is 4. The lowest BCUT2D eigenvalue weighted by atomic mass is 10.00. The Balaban J connectivity index is 2.10. The third kappa shape index (κ3) is 5.78. The van der Waals surface area contributed by atoms with Crippen LogP contribution in [0, 0.1) is 5.92 Å². The maximum absolute atomic E-state index is 11.7. The maximum Gasteiger partial charge on any atom is 0.335 e. The van der Waals surface area contributed by atoms with Crippen molar-refractivity contribution in [2.75, 3.05) is 6.61 Å². The summed E-state index contributed by atoms with van der Waals surface area (Å²) < 4.78 is 16.1. The summed E-state index contributed by atoms with van der Waals surface area (Å²) in [6.07, 6.45) is -0.140. The van der Waals surface area contributed by atoms with Crippen LogP contribution in [0.2, 0.25) is 0 Å². The predicted octanol–water partition coefficient (Wildman–Crippen LogP) is -0.154. The van der Waals surface area contributed by atoms with E-state index in [0.29, 0.717) is 0 Å². The first-order valence-electron chi connectivity index (χ1n) is 8.87. The molecule has 2 rings (SSSR count). The molecule has 1 fully saturated rings. The number of allylic oxidation sites excluding steroid dienone is 1. The maximum atomic E-state index is 11.7. The molecule has 3 N–H and O–H groups in total. The van der Waals surface area contributed by atoms with E-state index in [4.69, 9.17) is 19.3 Å². The van der Waals surface area contributed by atoms with Crippen molar-refractivity contribution in [2.24, 2.45) is 5.92 Å². The molecule has 5 atom stereocenters. The first-order chi connectivity index (χ1) is 13.6. The predicted molar refractivity (Wildman–Crippen MR) is 93.9 cm³/mol. The molecule has 0 aromatic rings. The molecule has 0 aliphatic carbocycles. The lowest BCUT2D eigenvalue weighted by Crippen LogP contribution is -2.40. The van der Waals surface area contributed by atoms with Crippen LogP contribution in [0.4, 0.5) is 0 Å². The molecule has 0 saturated carbocycles. The van der Waals surface area contributed by atoms with Crippen LogP contribution in [0.1, 0.15) is 26.7 Å². The summed E-state index contributed by atoms with van der Waals surface area (Å²) in [5.74, 6) is -4.56. The second-order valence-electron chi connectivity index (χ2n) is 6.74. The van der Waals surface area contributed by atoms with Crippen LogP contribution >= 0.6 is 0 Å². The Morgan fingerprint density at radius 3 is 2.59 bits per heavy atom. The minimum absolute atomic E-state index is 0.122. The van der Waals surface area contributed by atoms with Gasteiger partial charge in [-0.15, -0.1) is 0 Å². The van der Waals surface area contributed by atoms with Crippen molar-refractivity contribution in [3.63, 3.8) is 0 Å². The molecule has 0 bridgehead atoms. The van der Waals surface area contributed by atoms with E-state index in [9.17, 15) is 29.4 Å². The summed E-state index contributed by atoms with van der Waals surface area (Å²) in [6, 6.07) is 0. The van der Waals surface area contributed by atoms with Gasteiger partial charge in [-0.3, -0.25) is 9.59 Å². The average Bonchev–Trinajstić information content (AvgIpc) is 2.94. The van der Waals surface area contributed by atoms with Gasteiger partial charge in [0.2, 0.25) is 0 Å². The molecule has 0 aromatic carbocycles. The molecule has 2 heterocycles. The highest BCUT2D eigenvalue weighted by atomic mass is 16.6. The van der Waals surface area contributed by atoms with Crippen molar-refractivity contribution in [1.29, 1.82) is 0 Å². The van der Waals surface area contributed by atoms with Crippen LogP contribution in [-0.4, -0.2) is 75.2 Å². The molecule has 11 heteroatoms. The highest BCUT2D eigenvalue weighted by Crippen LogP contribution is 2.33. The second kappa shape index (κ2) is 9.52. The second-order valence-corrected chi connectivity index (χ2v) is 6.74. The van der Waals surface area contributed by atoms with E-state index in [1.807, 2.05) is 0 Å². The van der Waals surface area contributed by atoms with Crippen LogP contribution in [0.5, 0.6) is 0 Å². The van der Waals surface area contributed by atoms with Crippen LogP contribution < -0.4 is 0 Å². The highest BCUT2D eigenvalue weighted by molar-refractivity contribution is 5.87. The number of ether oxygens (including phenoxy) is 3. The van der Waals surface area contributed by atoms with Gasteiger partial charge in [0.15, 0.2) is 18.4 Å². The fraction of sp³-hybridized carbons (Fsp3) is 0.556. The Hall–Kier alpha value is -2.92.